The SMILES string of the molecule is C1=CCCC(c2ncccn2)=C1. The first-order valence-electron chi connectivity index (χ1n) is 4.10. The van der Waals surface area contributed by atoms with Crippen LogP contribution < -0.4 is 0 Å². The number of aromatic nitrogens is 2. The standard InChI is InChI=1S/C10H10N2/c1-2-5-9(6-3-1)10-11-7-4-8-12-10/h1-2,4-5,7-8H,3,6H2. The van der Waals surface area contributed by atoms with Crippen LogP contribution in [0.2, 0.25) is 0 Å². The molecule has 0 radical (unpaired) electrons. The second kappa shape index (κ2) is 3.30. The molecule has 60 valence electrons. The Morgan fingerprint density at radius 2 is 2.00 bits per heavy atom. The Kier molecular flexibility index (Phi) is 1.99. The van der Waals surface area contributed by atoms with Crippen molar-refractivity contribution in [1.82, 2.24) is 9.97 Å². The minimum atomic E-state index is 0.863. The topological polar surface area (TPSA) is 25.8 Å². The largest absolute Gasteiger partial charge is 0.237 e. The number of rotatable bonds is 1. The van der Waals surface area contributed by atoms with Crippen molar-refractivity contribution in [1.29, 1.82) is 0 Å². The van der Waals surface area contributed by atoms with Gasteiger partial charge in [-0.25, -0.2) is 9.97 Å². The molecule has 0 bridgehead atoms. The first-order chi connectivity index (χ1) is 5.97. The Morgan fingerprint density at radius 1 is 1.17 bits per heavy atom. The van der Waals surface area contributed by atoms with Crippen LogP contribution in [-0.2, 0) is 0 Å². The van der Waals surface area contributed by atoms with Gasteiger partial charge in [0.1, 0.15) is 0 Å². The molecule has 0 fully saturated rings. The van der Waals surface area contributed by atoms with E-state index >= 15 is 0 Å². The van der Waals surface area contributed by atoms with Crippen LogP contribution >= 0.6 is 0 Å². The molecule has 0 aromatic carbocycles. The van der Waals surface area contributed by atoms with Gasteiger partial charge in [0, 0.05) is 12.4 Å². The van der Waals surface area contributed by atoms with Crippen molar-refractivity contribution in [2.45, 2.75) is 12.8 Å². The quantitative estimate of drug-likeness (QED) is 0.626. The molecular formula is C10H10N2. The molecule has 1 heterocycles. The zero-order chi connectivity index (χ0) is 8.23. The maximum absolute atomic E-state index is 4.19. The van der Waals surface area contributed by atoms with Crippen molar-refractivity contribution in [3.63, 3.8) is 0 Å². The van der Waals surface area contributed by atoms with E-state index in [4.69, 9.17) is 0 Å². The van der Waals surface area contributed by atoms with E-state index < -0.39 is 0 Å². The summed E-state index contributed by atoms with van der Waals surface area (Å²) in [7, 11) is 0. The highest BCUT2D eigenvalue weighted by Crippen LogP contribution is 2.19. The molecule has 0 amide bonds. The van der Waals surface area contributed by atoms with Crippen LogP contribution in [0, 0.1) is 0 Å². The van der Waals surface area contributed by atoms with Gasteiger partial charge in [0.25, 0.3) is 0 Å². The lowest BCUT2D eigenvalue weighted by molar-refractivity contribution is 1.00. The Hall–Kier alpha value is -1.44. The van der Waals surface area contributed by atoms with E-state index in [0.717, 1.165) is 18.7 Å². The van der Waals surface area contributed by atoms with E-state index in [-0.39, 0.29) is 0 Å². The van der Waals surface area contributed by atoms with Crippen LogP contribution in [0.1, 0.15) is 18.7 Å². The molecule has 0 N–H and O–H groups in total. The summed E-state index contributed by atoms with van der Waals surface area (Å²) in [6, 6.07) is 1.84. The van der Waals surface area contributed by atoms with Gasteiger partial charge < -0.3 is 0 Å². The summed E-state index contributed by atoms with van der Waals surface area (Å²) < 4.78 is 0. The summed E-state index contributed by atoms with van der Waals surface area (Å²) in [5.41, 5.74) is 1.23. The lowest BCUT2D eigenvalue weighted by Crippen LogP contribution is -1.93. The predicted molar refractivity (Wildman–Crippen MR) is 48.4 cm³/mol. The van der Waals surface area contributed by atoms with Gasteiger partial charge >= 0.3 is 0 Å². The van der Waals surface area contributed by atoms with E-state index in [2.05, 4.69) is 28.2 Å². The summed E-state index contributed by atoms with van der Waals surface area (Å²) in [6.07, 6.45) is 12.0. The van der Waals surface area contributed by atoms with Crippen molar-refractivity contribution in [3.05, 3.63) is 42.5 Å². The molecule has 1 aromatic rings. The van der Waals surface area contributed by atoms with Gasteiger partial charge in [0.15, 0.2) is 5.82 Å². The van der Waals surface area contributed by atoms with E-state index in [1.165, 1.54) is 5.57 Å². The van der Waals surface area contributed by atoms with E-state index in [0.29, 0.717) is 0 Å². The molecule has 0 saturated carbocycles. The molecule has 0 saturated heterocycles. The molecule has 2 heteroatoms. The first-order valence-corrected chi connectivity index (χ1v) is 4.10. The van der Waals surface area contributed by atoms with Crippen LogP contribution in [0.5, 0.6) is 0 Å². The summed E-state index contributed by atoms with van der Waals surface area (Å²) in [5.74, 6) is 0.863. The number of nitrogens with zero attached hydrogens (tertiary/aromatic N) is 2. The minimum absolute atomic E-state index is 0.863. The van der Waals surface area contributed by atoms with Gasteiger partial charge in [-0.2, -0.15) is 0 Å². The fraction of sp³-hybridized carbons (Fsp3) is 0.200. The second-order valence-electron chi connectivity index (χ2n) is 2.73. The summed E-state index contributed by atoms with van der Waals surface area (Å²) >= 11 is 0. The molecule has 2 nitrogen and oxygen atoms in total. The van der Waals surface area contributed by atoms with Gasteiger partial charge in [-0.15, -0.1) is 0 Å². The maximum atomic E-state index is 4.19. The van der Waals surface area contributed by atoms with Crippen LogP contribution in [0.3, 0.4) is 0 Å². The van der Waals surface area contributed by atoms with Crippen LogP contribution in [0.15, 0.2) is 36.7 Å². The van der Waals surface area contributed by atoms with Crippen molar-refractivity contribution >= 4 is 5.57 Å². The average molecular weight is 158 g/mol. The van der Waals surface area contributed by atoms with Gasteiger partial charge in [-0.1, -0.05) is 18.2 Å². The number of hydrogen-bond acceptors (Lipinski definition) is 2. The fourth-order valence-corrected chi connectivity index (χ4v) is 1.25. The Morgan fingerprint density at radius 3 is 2.67 bits per heavy atom. The molecule has 12 heavy (non-hydrogen) atoms. The van der Waals surface area contributed by atoms with Gasteiger partial charge in [-0.05, 0) is 24.5 Å². The maximum Gasteiger partial charge on any atom is 0.154 e. The van der Waals surface area contributed by atoms with E-state index in [9.17, 15) is 0 Å². The molecule has 0 spiro atoms. The third-order valence-corrected chi connectivity index (χ3v) is 1.87. The monoisotopic (exact) mass is 158 g/mol. The third-order valence-electron chi connectivity index (χ3n) is 1.87. The molecule has 1 aliphatic carbocycles. The highest BCUT2D eigenvalue weighted by molar-refractivity contribution is 5.62. The molecule has 0 atom stereocenters. The van der Waals surface area contributed by atoms with Gasteiger partial charge in [0.05, 0.1) is 0 Å². The summed E-state index contributed by atoms with van der Waals surface area (Å²) in [6.45, 7) is 0. The normalized spacial score (nSPS) is 15.8. The molecule has 1 aliphatic rings. The van der Waals surface area contributed by atoms with Crippen molar-refractivity contribution in [3.8, 4) is 0 Å². The van der Waals surface area contributed by atoms with Crippen molar-refractivity contribution in [2.24, 2.45) is 0 Å². The summed E-state index contributed by atoms with van der Waals surface area (Å²) in [5, 5.41) is 0. The number of hydrogen-bond donors (Lipinski definition) is 0. The highest BCUT2D eigenvalue weighted by Gasteiger charge is 2.03. The Bertz CT molecular complexity index is 312. The Balaban J connectivity index is 2.31. The molecular weight excluding hydrogens is 148 g/mol. The average Bonchev–Trinajstić information content (AvgIpc) is 2.21. The van der Waals surface area contributed by atoms with Crippen LogP contribution in [0.25, 0.3) is 5.57 Å². The summed E-state index contributed by atoms with van der Waals surface area (Å²) in [4.78, 5) is 8.38. The molecule has 1 aromatic heterocycles. The molecule has 0 aliphatic heterocycles. The second-order valence-corrected chi connectivity index (χ2v) is 2.73. The van der Waals surface area contributed by atoms with E-state index in [1.54, 1.807) is 12.4 Å². The zero-order valence-electron chi connectivity index (χ0n) is 6.77. The van der Waals surface area contributed by atoms with Crippen LogP contribution in [-0.4, -0.2) is 9.97 Å². The predicted octanol–water partition coefficient (Wildman–Crippen LogP) is 2.21. The zero-order valence-corrected chi connectivity index (χ0v) is 6.77. The van der Waals surface area contributed by atoms with Gasteiger partial charge in [-0.3, -0.25) is 0 Å². The highest BCUT2D eigenvalue weighted by atomic mass is 14.9. The van der Waals surface area contributed by atoms with Gasteiger partial charge in [0.2, 0.25) is 0 Å². The van der Waals surface area contributed by atoms with Crippen molar-refractivity contribution < 1.29 is 0 Å². The van der Waals surface area contributed by atoms with E-state index in [1.807, 2.05) is 6.07 Å². The Labute approximate surface area is 71.7 Å². The minimum Gasteiger partial charge on any atom is -0.237 e. The lowest BCUT2D eigenvalue weighted by Gasteiger charge is -2.05. The smallest absolute Gasteiger partial charge is 0.154 e. The third kappa shape index (κ3) is 1.42. The molecule has 0 unspecified atom stereocenters. The fourth-order valence-electron chi connectivity index (χ4n) is 1.25. The van der Waals surface area contributed by atoms with Crippen LogP contribution in [0.4, 0.5) is 0 Å². The first kappa shape index (κ1) is 7.22. The number of allylic oxidation sites excluding steroid dienone is 4. The van der Waals surface area contributed by atoms with Crippen molar-refractivity contribution in [2.75, 3.05) is 0 Å². The lowest BCUT2D eigenvalue weighted by atomic mass is 10.0. The molecule has 2 rings (SSSR count).